The summed E-state index contributed by atoms with van der Waals surface area (Å²) in [7, 11) is -3.68. The van der Waals surface area contributed by atoms with Crippen LogP contribution in [0.5, 0.6) is 5.75 Å². The van der Waals surface area contributed by atoms with Crippen LogP contribution in [0.25, 0.3) is 11.3 Å². The van der Waals surface area contributed by atoms with E-state index < -0.39 is 27.6 Å². The van der Waals surface area contributed by atoms with Gasteiger partial charge >= 0.3 is 0 Å². The summed E-state index contributed by atoms with van der Waals surface area (Å²) in [6.07, 6.45) is 4.37. The number of sulfonamides is 1. The van der Waals surface area contributed by atoms with Gasteiger partial charge in [0.25, 0.3) is 5.91 Å². The molecular weight excluding hydrogens is 508 g/mol. The Kier molecular flexibility index (Phi) is 7.29. The first kappa shape index (κ1) is 25.5. The van der Waals surface area contributed by atoms with Crippen LogP contribution in [0.3, 0.4) is 0 Å². The fourth-order valence-corrected chi connectivity index (χ4v) is 3.92. The number of aromatic amines is 1. The van der Waals surface area contributed by atoms with E-state index in [1.54, 1.807) is 0 Å². The summed E-state index contributed by atoms with van der Waals surface area (Å²) >= 11 is 0. The van der Waals surface area contributed by atoms with Gasteiger partial charge in [0, 0.05) is 18.0 Å². The van der Waals surface area contributed by atoms with E-state index in [4.69, 9.17) is 10.5 Å². The zero-order valence-electron chi connectivity index (χ0n) is 19.3. The molecule has 2 heterocycles. The molecule has 0 bridgehead atoms. The lowest BCUT2D eigenvalue weighted by molar-refractivity contribution is 0.100. The third-order valence-electron chi connectivity index (χ3n) is 5.11. The van der Waals surface area contributed by atoms with Gasteiger partial charge in [-0.15, -0.1) is 0 Å². The van der Waals surface area contributed by atoms with E-state index >= 15 is 0 Å². The van der Waals surface area contributed by atoms with Crippen molar-refractivity contribution < 1.29 is 26.7 Å². The molecule has 2 aromatic heterocycles. The Bertz CT molecular complexity index is 1550. The molecule has 37 heavy (non-hydrogen) atoms. The molecule has 0 radical (unpaired) electrons. The Morgan fingerprint density at radius 1 is 1.14 bits per heavy atom. The Morgan fingerprint density at radius 2 is 1.95 bits per heavy atom. The minimum Gasteiger partial charge on any atom is -0.487 e. The number of H-pyrrole nitrogens is 1. The Morgan fingerprint density at radius 3 is 2.62 bits per heavy atom. The number of benzene rings is 2. The van der Waals surface area contributed by atoms with Crippen LogP contribution < -0.4 is 20.5 Å². The van der Waals surface area contributed by atoms with Crippen LogP contribution in [0.2, 0.25) is 0 Å². The van der Waals surface area contributed by atoms with E-state index in [1.807, 2.05) is 0 Å². The molecule has 14 heteroatoms. The van der Waals surface area contributed by atoms with Gasteiger partial charge in [-0.05, 0) is 36.8 Å². The van der Waals surface area contributed by atoms with Crippen LogP contribution in [-0.2, 0) is 16.6 Å². The van der Waals surface area contributed by atoms with E-state index in [0.717, 1.165) is 12.1 Å². The van der Waals surface area contributed by atoms with Crippen molar-refractivity contribution in [2.75, 3.05) is 15.8 Å². The molecule has 0 spiro atoms. The molecule has 4 aromatic rings. The quantitative estimate of drug-likeness (QED) is 0.243. The molecular formula is C23H21F2N7O4S. The molecule has 0 aliphatic heterocycles. The fraction of sp³-hybridized carbons (Fsp3) is 0.130. The van der Waals surface area contributed by atoms with E-state index in [-0.39, 0.29) is 40.9 Å². The van der Waals surface area contributed by atoms with Gasteiger partial charge in [0.05, 0.1) is 17.6 Å². The molecule has 5 N–H and O–H groups in total. The van der Waals surface area contributed by atoms with Crippen molar-refractivity contribution in [1.29, 1.82) is 0 Å². The Hall–Kier alpha value is -4.59. The second-order valence-corrected chi connectivity index (χ2v) is 9.67. The highest BCUT2D eigenvalue weighted by Gasteiger charge is 2.22. The first-order valence-electron chi connectivity index (χ1n) is 10.8. The zero-order valence-corrected chi connectivity index (χ0v) is 20.1. The van der Waals surface area contributed by atoms with Gasteiger partial charge in [-0.3, -0.25) is 19.6 Å². The highest BCUT2D eigenvalue weighted by molar-refractivity contribution is 7.92. The summed E-state index contributed by atoms with van der Waals surface area (Å²) in [6, 6.07) is 7.66. The maximum atomic E-state index is 13.6. The fourth-order valence-electron chi connectivity index (χ4n) is 3.28. The number of aromatic nitrogens is 4. The first-order chi connectivity index (χ1) is 17.7. The number of halogens is 2. The number of hydrogen-bond acceptors (Lipinski definition) is 8. The predicted octanol–water partition coefficient (Wildman–Crippen LogP) is 3.33. The van der Waals surface area contributed by atoms with Crippen LogP contribution in [0.4, 0.5) is 26.1 Å². The van der Waals surface area contributed by atoms with Crippen LogP contribution in [0, 0.1) is 11.6 Å². The molecule has 0 aliphatic rings. The lowest BCUT2D eigenvalue weighted by Gasteiger charge is -2.15. The highest BCUT2D eigenvalue weighted by Crippen LogP contribution is 2.35. The topological polar surface area (TPSA) is 165 Å². The summed E-state index contributed by atoms with van der Waals surface area (Å²) in [5, 5.41) is 9.76. The third-order valence-corrected chi connectivity index (χ3v) is 6.40. The van der Waals surface area contributed by atoms with Crippen molar-refractivity contribution in [1.82, 2.24) is 20.2 Å². The summed E-state index contributed by atoms with van der Waals surface area (Å²) in [4.78, 5) is 20.3. The average Bonchev–Trinajstić information content (AvgIpc) is 3.29. The lowest BCUT2D eigenvalue weighted by atomic mass is 10.1. The van der Waals surface area contributed by atoms with Gasteiger partial charge in [-0.25, -0.2) is 22.2 Å². The minimum absolute atomic E-state index is 0.0131. The van der Waals surface area contributed by atoms with E-state index in [9.17, 15) is 22.0 Å². The van der Waals surface area contributed by atoms with Crippen molar-refractivity contribution in [2.45, 2.75) is 13.5 Å². The number of nitrogens with zero attached hydrogens (tertiary/aromatic N) is 3. The number of rotatable bonds is 10. The summed E-state index contributed by atoms with van der Waals surface area (Å²) in [5.74, 6) is -2.49. The number of carbonyl (C=O) groups is 1. The van der Waals surface area contributed by atoms with E-state index in [0.29, 0.717) is 16.9 Å². The molecule has 0 unspecified atom stereocenters. The van der Waals surface area contributed by atoms with Crippen molar-refractivity contribution in [3.8, 4) is 17.0 Å². The molecule has 0 fully saturated rings. The van der Waals surface area contributed by atoms with Crippen LogP contribution in [-0.4, -0.2) is 40.2 Å². The largest absolute Gasteiger partial charge is 0.487 e. The van der Waals surface area contributed by atoms with Gasteiger partial charge in [-0.2, -0.15) is 5.10 Å². The Balaban J connectivity index is 1.72. The molecule has 0 saturated carbocycles. The molecule has 2 aromatic carbocycles. The average molecular weight is 530 g/mol. The number of anilines is 3. The van der Waals surface area contributed by atoms with Crippen molar-refractivity contribution in [2.24, 2.45) is 5.73 Å². The van der Waals surface area contributed by atoms with Gasteiger partial charge in [-0.1, -0.05) is 12.1 Å². The third kappa shape index (κ3) is 5.98. The SMILES string of the molecule is CCS(=O)(=O)Nc1ccc(-c2n[nH]c(Nc3cnccn3)c2C(N)=O)cc1OCc1ccc(F)c(F)c1. The molecule has 11 nitrogen and oxygen atoms in total. The van der Waals surface area contributed by atoms with Crippen molar-refractivity contribution in [3.63, 3.8) is 0 Å². The van der Waals surface area contributed by atoms with Gasteiger partial charge in [0.2, 0.25) is 10.0 Å². The highest BCUT2D eigenvalue weighted by atomic mass is 32.2. The summed E-state index contributed by atoms with van der Waals surface area (Å²) in [5.41, 5.74) is 6.55. The standard InChI is InChI=1S/C23H21F2N7O4S/c1-2-37(34,35)32-17-6-4-14(10-18(17)36-12-13-3-5-15(24)16(25)9-13)21-20(22(26)33)23(31-30-21)29-19-11-27-7-8-28-19/h3-11,32H,2,12H2,1H3,(H2,26,33)(H2,28,29,30,31). The lowest BCUT2D eigenvalue weighted by Crippen LogP contribution is -2.15. The maximum Gasteiger partial charge on any atom is 0.254 e. The van der Waals surface area contributed by atoms with Gasteiger partial charge in [0.1, 0.15) is 35.2 Å². The first-order valence-corrected chi connectivity index (χ1v) is 12.4. The minimum atomic E-state index is -3.68. The number of primary amides is 1. The number of nitrogens with two attached hydrogens (primary N) is 1. The monoisotopic (exact) mass is 529 g/mol. The number of carbonyl (C=O) groups excluding carboxylic acids is 1. The van der Waals surface area contributed by atoms with Crippen molar-refractivity contribution in [3.05, 3.63) is 77.8 Å². The molecule has 1 amide bonds. The molecule has 4 rings (SSSR count). The van der Waals surface area contributed by atoms with Gasteiger partial charge in [0.15, 0.2) is 11.6 Å². The number of nitrogens with one attached hydrogen (secondary N) is 3. The van der Waals surface area contributed by atoms with Crippen LogP contribution >= 0.6 is 0 Å². The predicted molar refractivity (Wildman–Crippen MR) is 132 cm³/mol. The summed E-state index contributed by atoms with van der Waals surface area (Å²) in [6.45, 7) is 1.26. The molecule has 0 aliphatic carbocycles. The maximum absolute atomic E-state index is 13.6. The Labute approximate surface area is 210 Å². The summed E-state index contributed by atoms with van der Waals surface area (Å²) < 4.78 is 59.5. The molecule has 192 valence electrons. The van der Waals surface area contributed by atoms with Crippen molar-refractivity contribution >= 4 is 33.3 Å². The van der Waals surface area contributed by atoms with Crippen LogP contribution in [0.1, 0.15) is 22.8 Å². The number of ether oxygens (including phenoxy) is 1. The number of amides is 1. The molecule has 0 saturated heterocycles. The van der Waals surface area contributed by atoms with E-state index in [1.165, 1.54) is 49.8 Å². The molecule has 0 atom stereocenters. The number of hydrogen-bond donors (Lipinski definition) is 4. The van der Waals surface area contributed by atoms with Crippen LogP contribution in [0.15, 0.2) is 55.0 Å². The normalized spacial score (nSPS) is 11.2. The van der Waals surface area contributed by atoms with E-state index in [2.05, 4.69) is 30.2 Å². The second-order valence-electron chi connectivity index (χ2n) is 7.66. The smallest absolute Gasteiger partial charge is 0.254 e. The second kappa shape index (κ2) is 10.6. The zero-order chi connectivity index (χ0) is 26.6. The van der Waals surface area contributed by atoms with Gasteiger partial charge < -0.3 is 15.8 Å².